The van der Waals surface area contributed by atoms with Gasteiger partial charge >= 0.3 is 8.25 Å². The van der Waals surface area contributed by atoms with Crippen molar-refractivity contribution in [3.05, 3.63) is 30.3 Å². The quantitative estimate of drug-likeness (QED) is 0.586. The molecule has 104 valence electrons. The highest BCUT2D eigenvalue weighted by Crippen LogP contribution is 2.28. The van der Waals surface area contributed by atoms with Crippen molar-refractivity contribution in [2.24, 2.45) is 5.41 Å². The molecule has 1 aromatic rings. The van der Waals surface area contributed by atoms with Gasteiger partial charge in [0.1, 0.15) is 6.61 Å². The van der Waals surface area contributed by atoms with Crippen molar-refractivity contribution < 1.29 is 18.4 Å². The molecule has 0 aliphatic carbocycles. The first-order valence-electron chi connectivity index (χ1n) is 5.90. The molecule has 0 aliphatic rings. The van der Waals surface area contributed by atoms with Crippen molar-refractivity contribution in [3.8, 4) is 5.75 Å². The molecule has 1 aromatic carbocycles. The monoisotopic (exact) mass is 301 g/mol. The lowest BCUT2D eigenvalue weighted by Crippen LogP contribution is -2.17. The highest BCUT2D eigenvalue weighted by Gasteiger charge is 2.24. The van der Waals surface area contributed by atoms with E-state index >= 15 is 0 Å². The molecule has 6 heteroatoms. The molecule has 0 fully saturated rings. The zero-order chi connectivity index (χ0) is 14.3. The van der Waals surface area contributed by atoms with E-state index in [1.165, 1.54) is 11.8 Å². The average molecular weight is 301 g/mol. The molecule has 0 aliphatic heterocycles. The topological polar surface area (TPSA) is 52.6 Å². The van der Waals surface area contributed by atoms with E-state index in [0.29, 0.717) is 11.5 Å². The van der Waals surface area contributed by atoms with E-state index in [9.17, 15) is 9.36 Å². The maximum absolute atomic E-state index is 11.6. The van der Waals surface area contributed by atoms with Gasteiger partial charge in [0.05, 0.1) is 0 Å². The van der Waals surface area contributed by atoms with Crippen LogP contribution >= 0.6 is 20.0 Å². The maximum Gasteiger partial charge on any atom is 0.750 e. The van der Waals surface area contributed by atoms with E-state index in [0.717, 1.165) is 0 Å². The molecule has 0 radical (unpaired) electrons. The molecule has 0 saturated heterocycles. The zero-order valence-electron chi connectivity index (χ0n) is 11.3. The lowest BCUT2D eigenvalue weighted by molar-refractivity contribution is -0.117. The molecule has 0 heterocycles. The van der Waals surface area contributed by atoms with Crippen molar-refractivity contribution in [1.82, 2.24) is 0 Å². The van der Waals surface area contributed by atoms with E-state index in [-0.39, 0.29) is 17.1 Å². The molecule has 0 N–H and O–H groups in total. The number of thioether (sulfide) groups is 1. The number of carbonyl (C=O) groups excluding carboxylic acids is 1. The summed E-state index contributed by atoms with van der Waals surface area (Å²) in [6.45, 7) is 5.81. The van der Waals surface area contributed by atoms with Crippen LogP contribution < -0.4 is 4.52 Å². The van der Waals surface area contributed by atoms with Crippen LogP contribution in [0.4, 0.5) is 0 Å². The second kappa shape index (κ2) is 7.63. The molecule has 0 bridgehead atoms. The Morgan fingerprint density at radius 2 is 1.89 bits per heavy atom. The number of hydrogen-bond donors (Lipinski definition) is 0. The Morgan fingerprint density at radius 1 is 1.26 bits per heavy atom. The van der Waals surface area contributed by atoms with Crippen LogP contribution in [0.15, 0.2) is 30.3 Å². The summed E-state index contributed by atoms with van der Waals surface area (Å²) in [6.07, 6.45) is 0. The van der Waals surface area contributed by atoms with Crippen molar-refractivity contribution in [2.45, 2.75) is 20.8 Å². The van der Waals surface area contributed by atoms with Gasteiger partial charge in [-0.1, -0.05) is 50.7 Å². The summed E-state index contributed by atoms with van der Waals surface area (Å²) in [5.41, 5.74) is -0.368. The van der Waals surface area contributed by atoms with Gasteiger partial charge in [0, 0.05) is 15.7 Å². The Hall–Kier alpha value is -0.900. The van der Waals surface area contributed by atoms with Crippen molar-refractivity contribution in [1.29, 1.82) is 0 Å². The van der Waals surface area contributed by atoms with Gasteiger partial charge in [-0.05, 0) is 12.1 Å². The number of para-hydroxylation sites is 1. The maximum atomic E-state index is 11.6. The van der Waals surface area contributed by atoms with Gasteiger partial charge in [-0.25, -0.2) is 4.52 Å². The third-order valence-electron chi connectivity index (χ3n) is 2.05. The van der Waals surface area contributed by atoms with Crippen LogP contribution in [0, 0.1) is 5.41 Å². The van der Waals surface area contributed by atoms with Crippen LogP contribution in [0.2, 0.25) is 0 Å². The minimum atomic E-state index is -2.19. The molecular formula is C13H18O4PS+. The summed E-state index contributed by atoms with van der Waals surface area (Å²) in [5.74, 6) is 0.969. The van der Waals surface area contributed by atoms with E-state index in [4.69, 9.17) is 9.05 Å². The van der Waals surface area contributed by atoms with Crippen molar-refractivity contribution in [3.63, 3.8) is 0 Å². The lowest BCUT2D eigenvalue weighted by Gasteiger charge is -2.14. The number of benzene rings is 1. The summed E-state index contributed by atoms with van der Waals surface area (Å²) in [4.78, 5) is 11.6. The largest absolute Gasteiger partial charge is 0.750 e. The summed E-state index contributed by atoms with van der Waals surface area (Å²) in [7, 11) is -2.19. The van der Waals surface area contributed by atoms with Gasteiger partial charge in [0.15, 0.2) is 10.9 Å². The van der Waals surface area contributed by atoms with Gasteiger partial charge in [-0.3, -0.25) is 4.79 Å². The van der Waals surface area contributed by atoms with Gasteiger partial charge < -0.3 is 0 Å². The number of carbonyl (C=O) groups is 1. The molecule has 0 spiro atoms. The minimum Gasteiger partial charge on any atom is -0.287 e. The SMILES string of the molecule is CC(C)(C)C(=O)SCCO[P+](=O)Oc1ccccc1. The summed E-state index contributed by atoms with van der Waals surface area (Å²) in [5, 5.41) is 0.0929. The van der Waals surface area contributed by atoms with Gasteiger partial charge in [-0.2, -0.15) is 0 Å². The summed E-state index contributed by atoms with van der Waals surface area (Å²) < 4.78 is 21.6. The van der Waals surface area contributed by atoms with Crippen LogP contribution in [0.3, 0.4) is 0 Å². The second-order valence-electron chi connectivity index (χ2n) is 4.85. The fourth-order valence-electron chi connectivity index (χ4n) is 1.06. The van der Waals surface area contributed by atoms with E-state index in [2.05, 4.69) is 0 Å². The molecule has 4 nitrogen and oxygen atoms in total. The Bertz CT molecular complexity index is 428. The van der Waals surface area contributed by atoms with E-state index < -0.39 is 8.25 Å². The van der Waals surface area contributed by atoms with Crippen LogP contribution in [-0.2, 0) is 13.9 Å². The van der Waals surface area contributed by atoms with Crippen LogP contribution in [0.25, 0.3) is 0 Å². The van der Waals surface area contributed by atoms with Crippen LogP contribution in [0.5, 0.6) is 5.75 Å². The normalized spacial score (nSPS) is 12.1. The van der Waals surface area contributed by atoms with Gasteiger partial charge in [0.25, 0.3) is 0 Å². The first-order chi connectivity index (χ1) is 8.89. The summed E-state index contributed by atoms with van der Waals surface area (Å²) in [6, 6.07) is 8.82. The predicted octanol–water partition coefficient (Wildman–Crippen LogP) is 4.05. The Morgan fingerprint density at radius 3 is 2.47 bits per heavy atom. The highest BCUT2D eigenvalue weighted by molar-refractivity contribution is 8.13. The number of rotatable bonds is 6. The first-order valence-corrected chi connectivity index (χ1v) is 7.98. The van der Waals surface area contributed by atoms with Crippen LogP contribution in [-0.4, -0.2) is 17.5 Å². The van der Waals surface area contributed by atoms with Gasteiger partial charge in [-0.15, -0.1) is 4.52 Å². The molecule has 0 aromatic heterocycles. The molecule has 1 atom stereocenters. The lowest BCUT2D eigenvalue weighted by atomic mass is 10.00. The Balaban J connectivity index is 2.20. The zero-order valence-corrected chi connectivity index (χ0v) is 13.0. The minimum absolute atomic E-state index is 0.0929. The van der Waals surface area contributed by atoms with E-state index in [1.54, 1.807) is 24.3 Å². The third-order valence-corrected chi connectivity index (χ3v) is 4.05. The smallest absolute Gasteiger partial charge is 0.287 e. The third kappa shape index (κ3) is 6.71. The fourth-order valence-corrected chi connectivity index (χ4v) is 2.55. The van der Waals surface area contributed by atoms with Crippen molar-refractivity contribution >= 4 is 25.1 Å². The molecule has 1 rings (SSSR count). The molecule has 19 heavy (non-hydrogen) atoms. The highest BCUT2D eigenvalue weighted by atomic mass is 32.2. The predicted molar refractivity (Wildman–Crippen MR) is 77.5 cm³/mol. The Kier molecular flexibility index (Phi) is 6.49. The summed E-state index contributed by atoms with van der Waals surface area (Å²) >= 11 is 1.18. The second-order valence-corrected chi connectivity index (χ2v) is 6.80. The number of hydrogen-bond acceptors (Lipinski definition) is 5. The molecular weight excluding hydrogens is 283 g/mol. The molecule has 0 saturated carbocycles. The first kappa shape index (κ1) is 16.2. The van der Waals surface area contributed by atoms with E-state index in [1.807, 2.05) is 26.8 Å². The standard InChI is InChI=1S/C13H18O4PS/c1-13(2,3)12(14)19-10-9-16-18(15)17-11-7-5-4-6-8-11/h4-8H,9-10H2,1-3H3/q+1. The average Bonchev–Trinajstić information content (AvgIpc) is 2.34. The Labute approximate surface area is 118 Å². The molecule has 1 unspecified atom stereocenters. The van der Waals surface area contributed by atoms with Crippen LogP contribution in [0.1, 0.15) is 20.8 Å². The van der Waals surface area contributed by atoms with Gasteiger partial charge in [0.2, 0.25) is 0 Å². The van der Waals surface area contributed by atoms with Crippen molar-refractivity contribution in [2.75, 3.05) is 12.4 Å². The fraction of sp³-hybridized carbons (Fsp3) is 0.462. The molecule has 0 amide bonds.